The van der Waals surface area contributed by atoms with Gasteiger partial charge in [0.2, 0.25) is 0 Å². The highest BCUT2D eigenvalue weighted by Crippen LogP contribution is 2.43. The number of halogens is 1. The zero-order chi connectivity index (χ0) is 31.8. The first-order valence-corrected chi connectivity index (χ1v) is 12.3. The smallest absolute Gasteiger partial charge is 0.146 e. The SMILES string of the molecule is [2H]C([2H])([2H])c1nnn(C)c1-c1cnc2c3c(c(C(C)(C)O)nn3C([2H])([2H])[2H])n(C(c3ncccc3F)C3CCOCC3)c2c1. The second-order valence-corrected chi connectivity index (χ2v) is 10.2. The molecule has 0 saturated carbocycles. The van der Waals surface area contributed by atoms with Crippen molar-refractivity contribution in [2.45, 2.75) is 45.2 Å². The van der Waals surface area contributed by atoms with Crippen LogP contribution in [0.15, 0.2) is 30.6 Å². The van der Waals surface area contributed by atoms with E-state index in [-0.39, 0.29) is 45.2 Å². The molecule has 1 aliphatic heterocycles. The fourth-order valence-corrected chi connectivity index (χ4v) is 5.50. The highest BCUT2D eigenvalue weighted by molar-refractivity contribution is 6.06. The monoisotopic (exact) mass is 524 g/mol. The number of fused-ring (bicyclic) bond motifs is 3. The Hall–Kier alpha value is -3.70. The van der Waals surface area contributed by atoms with E-state index in [0.717, 1.165) is 4.68 Å². The van der Waals surface area contributed by atoms with E-state index >= 15 is 4.39 Å². The fraction of sp³-hybridized carbons (Fsp3) is 0.444. The van der Waals surface area contributed by atoms with Gasteiger partial charge in [0, 0.05) is 53.4 Å². The summed E-state index contributed by atoms with van der Waals surface area (Å²) in [7, 11) is 1.56. The highest BCUT2D eigenvalue weighted by Gasteiger charge is 2.37. The number of ether oxygens (including phenoxy) is 1. The molecule has 1 N–H and O–H groups in total. The van der Waals surface area contributed by atoms with Crippen molar-refractivity contribution in [2.75, 3.05) is 13.2 Å². The van der Waals surface area contributed by atoms with Gasteiger partial charge in [-0.15, -0.1) is 5.10 Å². The van der Waals surface area contributed by atoms with Crippen LogP contribution in [0.5, 0.6) is 0 Å². The summed E-state index contributed by atoms with van der Waals surface area (Å²) in [5.41, 5.74) is -0.145. The molecule has 1 aliphatic rings. The molecule has 10 nitrogen and oxygen atoms in total. The second-order valence-electron chi connectivity index (χ2n) is 10.2. The highest BCUT2D eigenvalue weighted by atomic mass is 19.1. The van der Waals surface area contributed by atoms with Gasteiger partial charge >= 0.3 is 0 Å². The van der Waals surface area contributed by atoms with Crippen LogP contribution in [0.1, 0.15) is 58.0 Å². The molecule has 0 bridgehead atoms. The molecule has 198 valence electrons. The molecule has 11 heteroatoms. The molecule has 5 aromatic heterocycles. The maximum absolute atomic E-state index is 15.7. The Morgan fingerprint density at radius 3 is 2.74 bits per heavy atom. The van der Waals surface area contributed by atoms with Gasteiger partial charge in [-0.25, -0.2) is 9.07 Å². The molecule has 5 aromatic rings. The number of hydrogen-bond acceptors (Lipinski definition) is 7. The Bertz CT molecular complexity index is 1860. The molecule has 1 atom stereocenters. The molecule has 0 amide bonds. The number of rotatable bonds is 5. The van der Waals surface area contributed by atoms with E-state index in [2.05, 4.69) is 25.4 Å². The van der Waals surface area contributed by atoms with Crippen LogP contribution in [0.4, 0.5) is 4.39 Å². The molecule has 38 heavy (non-hydrogen) atoms. The molecule has 0 radical (unpaired) electrons. The minimum absolute atomic E-state index is 0.0574. The van der Waals surface area contributed by atoms with Gasteiger partial charge in [0.1, 0.15) is 28.1 Å². The van der Waals surface area contributed by atoms with Crippen LogP contribution in [-0.4, -0.2) is 57.6 Å². The number of aromatic nitrogens is 8. The first kappa shape index (κ1) is 18.5. The van der Waals surface area contributed by atoms with Crippen LogP contribution in [0.3, 0.4) is 0 Å². The van der Waals surface area contributed by atoms with Gasteiger partial charge in [0.05, 0.1) is 34.2 Å². The van der Waals surface area contributed by atoms with Gasteiger partial charge in [-0.1, -0.05) is 5.21 Å². The zero-order valence-corrected chi connectivity index (χ0v) is 21.2. The number of pyridine rings is 2. The van der Waals surface area contributed by atoms with Gasteiger partial charge in [0.15, 0.2) is 0 Å². The van der Waals surface area contributed by atoms with Gasteiger partial charge in [-0.3, -0.25) is 14.6 Å². The van der Waals surface area contributed by atoms with E-state index < -0.39 is 31.3 Å². The van der Waals surface area contributed by atoms with E-state index in [1.165, 1.54) is 43.1 Å². The van der Waals surface area contributed by atoms with Gasteiger partial charge in [-0.2, -0.15) is 5.10 Å². The van der Waals surface area contributed by atoms with E-state index in [1.54, 1.807) is 17.7 Å². The van der Waals surface area contributed by atoms with E-state index in [4.69, 9.17) is 13.0 Å². The van der Waals surface area contributed by atoms with Gasteiger partial charge < -0.3 is 14.4 Å². The van der Waals surface area contributed by atoms with Gasteiger partial charge in [-0.05, 0) is 57.7 Å². The Morgan fingerprint density at radius 1 is 1.21 bits per heavy atom. The number of aryl methyl sites for hydroxylation is 3. The van der Waals surface area contributed by atoms with Crippen molar-refractivity contribution in [2.24, 2.45) is 19.9 Å². The quantitative estimate of drug-likeness (QED) is 0.372. The van der Waals surface area contributed by atoms with Crippen LogP contribution < -0.4 is 0 Å². The average Bonchev–Trinajstić information content (AvgIpc) is 3.61. The van der Waals surface area contributed by atoms with Crippen molar-refractivity contribution in [1.82, 2.24) is 39.3 Å². The number of nitrogens with zero attached hydrogens (tertiary/aromatic N) is 8. The van der Waals surface area contributed by atoms with E-state index in [0.29, 0.717) is 37.1 Å². The predicted molar refractivity (Wildman–Crippen MR) is 140 cm³/mol. The van der Waals surface area contributed by atoms with Crippen molar-refractivity contribution in [3.05, 3.63) is 53.5 Å². The minimum atomic E-state index is -2.76. The van der Waals surface area contributed by atoms with Crippen LogP contribution >= 0.6 is 0 Å². The summed E-state index contributed by atoms with van der Waals surface area (Å²) in [5, 5.41) is 23.5. The topological polar surface area (TPSA) is 109 Å². The average molecular weight is 525 g/mol. The lowest BCUT2D eigenvalue weighted by Gasteiger charge is -2.32. The van der Waals surface area contributed by atoms with Crippen molar-refractivity contribution in [3.8, 4) is 11.3 Å². The molecule has 1 fully saturated rings. The number of hydrogen-bond donors (Lipinski definition) is 1. The van der Waals surface area contributed by atoms with Crippen LogP contribution in [-0.2, 0) is 24.4 Å². The summed E-state index contributed by atoms with van der Waals surface area (Å²) >= 11 is 0. The van der Waals surface area contributed by atoms with E-state index in [9.17, 15) is 5.11 Å². The summed E-state index contributed by atoms with van der Waals surface area (Å²) in [6.45, 7) is -1.49. The third-order valence-corrected chi connectivity index (χ3v) is 7.19. The molecular formula is C27H31FN8O2. The molecule has 6 rings (SSSR count). The Balaban J connectivity index is 1.79. The molecule has 6 heterocycles. The minimum Gasteiger partial charge on any atom is -0.384 e. The van der Waals surface area contributed by atoms with Crippen LogP contribution in [0, 0.1) is 18.6 Å². The molecule has 1 saturated heterocycles. The summed E-state index contributed by atoms with van der Waals surface area (Å²) in [6.07, 6.45) is 4.01. The number of aliphatic hydroxyl groups is 1. The largest absolute Gasteiger partial charge is 0.384 e. The van der Waals surface area contributed by atoms with Crippen LogP contribution in [0.25, 0.3) is 33.3 Å². The summed E-state index contributed by atoms with van der Waals surface area (Å²) in [6, 6.07) is 3.68. The normalized spacial score (nSPS) is 19.1. The van der Waals surface area contributed by atoms with Crippen molar-refractivity contribution >= 4 is 22.1 Å². The summed E-state index contributed by atoms with van der Waals surface area (Å²) in [4.78, 5) is 9.11. The lowest BCUT2D eigenvalue weighted by molar-refractivity contribution is 0.0538. The lowest BCUT2D eigenvalue weighted by atomic mass is 9.88. The maximum atomic E-state index is 15.7. The molecular weight excluding hydrogens is 487 g/mol. The van der Waals surface area contributed by atoms with Crippen molar-refractivity contribution in [1.29, 1.82) is 0 Å². The summed E-state index contributed by atoms with van der Waals surface area (Å²) in [5.74, 6) is -0.769. The van der Waals surface area contributed by atoms with Crippen molar-refractivity contribution in [3.63, 3.8) is 0 Å². The Morgan fingerprint density at radius 2 is 2.03 bits per heavy atom. The summed E-state index contributed by atoms with van der Waals surface area (Å²) < 4.78 is 74.1. The standard InChI is InChI=1S/C27H31FN8O2/c1-15-22(35(5)33-31-15)17-13-19-21(30-14-17)24-25(26(27(2,3)37)32-34(24)4)36(19)23(16-8-11-38-12-9-16)20-18(28)7-6-10-29-20/h6-7,10,13-14,16,23,37H,8-9,11-12H2,1-5H3/i1D3,4D3. The molecule has 1 unspecified atom stereocenters. The maximum Gasteiger partial charge on any atom is 0.146 e. The fourth-order valence-electron chi connectivity index (χ4n) is 5.50. The first-order chi connectivity index (χ1) is 20.6. The predicted octanol–water partition coefficient (Wildman–Crippen LogP) is 3.80. The Kier molecular flexibility index (Phi) is 4.37. The van der Waals surface area contributed by atoms with E-state index in [1.807, 2.05) is 0 Å². The third-order valence-electron chi connectivity index (χ3n) is 7.19. The third kappa shape index (κ3) is 3.80. The van der Waals surface area contributed by atoms with Crippen LogP contribution in [0.2, 0.25) is 0 Å². The second kappa shape index (κ2) is 8.95. The zero-order valence-electron chi connectivity index (χ0n) is 27.2. The Labute approximate surface area is 227 Å². The molecule has 0 aliphatic carbocycles. The van der Waals surface area contributed by atoms with Crippen molar-refractivity contribution < 1.29 is 22.5 Å². The molecule has 0 aromatic carbocycles. The first-order valence-electron chi connectivity index (χ1n) is 15.3. The molecule has 0 spiro atoms. The lowest BCUT2D eigenvalue weighted by Crippen LogP contribution is -2.29. The van der Waals surface area contributed by atoms with Gasteiger partial charge in [0.25, 0.3) is 0 Å².